The second-order valence-electron chi connectivity index (χ2n) is 8.47. The molecule has 5 rings (SSSR count). The van der Waals surface area contributed by atoms with Gasteiger partial charge in [0.2, 0.25) is 5.76 Å². The number of rotatable bonds is 6. The number of aryl methyl sites for hydroxylation is 1. The smallest absolute Gasteiger partial charge is 0.290 e. The number of carbonyl (C=O) groups is 1. The van der Waals surface area contributed by atoms with E-state index in [1.807, 2.05) is 50.2 Å². The Hall–Kier alpha value is -4.06. The largest absolute Gasteiger partial charge is 0.504 e. The van der Waals surface area contributed by atoms with E-state index in [1.165, 1.54) is 6.07 Å². The molecule has 0 radical (unpaired) electrons. The first kappa shape index (κ1) is 21.8. The molecule has 0 saturated carbocycles. The van der Waals surface area contributed by atoms with Crippen LogP contribution in [0.25, 0.3) is 11.0 Å². The van der Waals surface area contributed by atoms with Gasteiger partial charge in [0.1, 0.15) is 5.58 Å². The fraction of sp³-hybridized carbons (Fsp3) is 0.214. The Morgan fingerprint density at radius 1 is 1.03 bits per heavy atom. The van der Waals surface area contributed by atoms with E-state index in [2.05, 4.69) is 0 Å². The van der Waals surface area contributed by atoms with Crippen molar-refractivity contribution in [3.63, 3.8) is 0 Å². The topological polar surface area (TPSA) is 80.0 Å². The molecule has 0 saturated heterocycles. The molecule has 1 atom stereocenters. The molecule has 6 nitrogen and oxygen atoms in total. The maximum atomic E-state index is 13.7. The number of hydrogen-bond donors (Lipinski definition) is 1. The fourth-order valence-corrected chi connectivity index (χ4v) is 4.58. The fourth-order valence-electron chi connectivity index (χ4n) is 4.58. The summed E-state index contributed by atoms with van der Waals surface area (Å²) < 4.78 is 11.6. The number of aromatic hydroxyl groups is 1. The molecule has 172 valence electrons. The second kappa shape index (κ2) is 8.71. The average molecular weight is 456 g/mol. The molecule has 0 aliphatic carbocycles. The van der Waals surface area contributed by atoms with Crippen LogP contribution in [0, 0.1) is 6.92 Å². The van der Waals surface area contributed by atoms with Crippen LogP contribution in [-0.4, -0.2) is 29.1 Å². The van der Waals surface area contributed by atoms with E-state index in [1.54, 1.807) is 29.2 Å². The van der Waals surface area contributed by atoms with Gasteiger partial charge in [-0.15, -0.1) is 0 Å². The van der Waals surface area contributed by atoms with Crippen LogP contribution >= 0.6 is 0 Å². The molecule has 1 unspecified atom stereocenters. The number of carbonyl (C=O) groups excluding carboxylic acids is 1. The third-order valence-electron chi connectivity index (χ3n) is 6.20. The summed E-state index contributed by atoms with van der Waals surface area (Å²) in [6.45, 7) is 4.52. The minimum absolute atomic E-state index is 0.00662. The van der Waals surface area contributed by atoms with E-state index in [9.17, 15) is 14.7 Å². The predicted molar refractivity (Wildman–Crippen MR) is 130 cm³/mol. The van der Waals surface area contributed by atoms with Crippen molar-refractivity contribution in [2.75, 3.05) is 13.2 Å². The van der Waals surface area contributed by atoms with Gasteiger partial charge in [0.15, 0.2) is 16.9 Å². The van der Waals surface area contributed by atoms with Gasteiger partial charge in [-0.1, -0.05) is 48.0 Å². The third-order valence-corrected chi connectivity index (χ3v) is 6.20. The zero-order valence-electron chi connectivity index (χ0n) is 19.1. The molecule has 1 amide bonds. The molecular formula is C28H25NO5. The quantitative estimate of drug-likeness (QED) is 0.443. The molecule has 6 heteroatoms. The minimum atomic E-state index is -0.646. The molecule has 0 fully saturated rings. The summed E-state index contributed by atoms with van der Waals surface area (Å²) in [5.41, 5.74) is 3.21. The maximum absolute atomic E-state index is 13.7. The molecule has 1 aromatic heterocycles. The van der Waals surface area contributed by atoms with Crippen LogP contribution in [0.5, 0.6) is 11.5 Å². The lowest BCUT2D eigenvalue weighted by Crippen LogP contribution is -2.31. The van der Waals surface area contributed by atoms with Crippen LogP contribution in [0.4, 0.5) is 0 Å². The standard InChI is InChI=1S/C28H25NO5/c1-3-33-23-16-19(10-11-21(23)30)25-24-26(31)20-15-17(2)9-12-22(20)34-27(24)28(32)29(25)14-13-18-7-5-4-6-8-18/h4-12,15-16,25,30H,3,13-14H2,1-2H3. The number of amides is 1. The van der Waals surface area contributed by atoms with Crippen LogP contribution in [-0.2, 0) is 6.42 Å². The monoisotopic (exact) mass is 455 g/mol. The Bertz CT molecular complexity index is 1440. The number of phenols is 1. The summed E-state index contributed by atoms with van der Waals surface area (Å²) in [6, 6.07) is 19.6. The van der Waals surface area contributed by atoms with Gasteiger partial charge < -0.3 is 19.2 Å². The van der Waals surface area contributed by atoms with Crippen molar-refractivity contribution in [1.29, 1.82) is 0 Å². The molecular weight excluding hydrogens is 430 g/mol. The molecule has 0 bridgehead atoms. The summed E-state index contributed by atoms with van der Waals surface area (Å²) >= 11 is 0. The molecule has 1 aliphatic heterocycles. The lowest BCUT2D eigenvalue weighted by atomic mass is 9.97. The van der Waals surface area contributed by atoms with Crippen LogP contribution < -0.4 is 10.2 Å². The highest BCUT2D eigenvalue weighted by Crippen LogP contribution is 2.40. The van der Waals surface area contributed by atoms with E-state index in [-0.39, 0.29) is 22.8 Å². The Kier molecular flexibility index (Phi) is 5.57. The van der Waals surface area contributed by atoms with Crippen molar-refractivity contribution >= 4 is 16.9 Å². The summed E-state index contributed by atoms with van der Waals surface area (Å²) in [4.78, 5) is 28.9. The highest BCUT2D eigenvalue weighted by molar-refractivity contribution is 5.99. The molecule has 34 heavy (non-hydrogen) atoms. The van der Waals surface area contributed by atoms with Gasteiger partial charge in [-0.05, 0) is 55.7 Å². The Morgan fingerprint density at radius 2 is 1.82 bits per heavy atom. The molecule has 4 aromatic rings. The van der Waals surface area contributed by atoms with E-state index in [0.717, 1.165) is 11.1 Å². The molecule has 2 heterocycles. The maximum Gasteiger partial charge on any atom is 0.290 e. The van der Waals surface area contributed by atoms with Gasteiger partial charge in [0.05, 0.1) is 23.6 Å². The SMILES string of the molecule is CCOc1cc(C2c3c(oc4ccc(C)cc4c3=O)C(=O)N2CCc2ccccc2)ccc1O. The van der Waals surface area contributed by atoms with Gasteiger partial charge >= 0.3 is 0 Å². The first-order valence-corrected chi connectivity index (χ1v) is 11.4. The average Bonchev–Trinajstić information content (AvgIpc) is 3.12. The molecule has 1 N–H and O–H groups in total. The van der Waals surface area contributed by atoms with Gasteiger partial charge in [-0.3, -0.25) is 9.59 Å². The molecule has 1 aliphatic rings. The minimum Gasteiger partial charge on any atom is -0.504 e. The summed E-state index contributed by atoms with van der Waals surface area (Å²) in [7, 11) is 0. The Labute approximate surface area is 197 Å². The number of hydrogen-bond acceptors (Lipinski definition) is 5. The van der Waals surface area contributed by atoms with Crippen molar-refractivity contribution in [2.24, 2.45) is 0 Å². The van der Waals surface area contributed by atoms with Crippen molar-refractivity contribution in [3.8, 4) is 11.5 Å². The normalized spacial score (nSPS) is 15.1. The third kappa shape index (κ3) is 3.71. The summed E-state index contributed by atoms with van der Waals surface area (Å²) in [6.07, 6.45) is 0.625. The van der Waals surface area contributed by atoms with Crippen LogP contribution in [0.15, 0.2) is 75.9 Å². The molecule has 3 aromatic carbocycles. The lowest BCUT2D eigenvalue weighted by Gasteiger charge is -2.25. The second-order valence-corrected chi connectivity index (χ2v) is 8.47. The van der Waals surface area contributed by atoms with E-state index < -0.39 is 6.04 Å². The lowest BCUT2D eigenvalue weighted by molar-refractivity contribution is 0.0730. The number of fused-ring (bicyclic) bond motifs is 2. The van der Waals surface area contributed by atoms with Crippen molar-refractivity contribution in [3.05, 3.63) is 105 Å². The van der Waals surface area contributed by atoms with Crippen LogP contribution in [0.3, 0.4) is 0 Å². The van der Waals surface area contributed by atoms with Crippen molar-refractivity contribution in [1.82, 2.24) is 4.90 Å². The van der Waals surface area contributed by atoms with E-state index in [0.29, 0.717) is 47.4 Å². The first-order chi connectivity index (χ1) is 16.5. The zero-order chi connectivity index (χ0) is 23.8. The Morgan fingerprint density at radius 3 is 2.59 bits per heavy atom. The van der Waals surface area contributed by atoms with Gasteiger partial charge in [0, 0.05) is 6.54 Å². The van der Waals surface area contributed by atoms with Gasteiger partial charge in [-0.2, -0.15) is 0 Å². The van der Waals surface area contributed by atoms with Crippen LogP contribution in [0.2, 0.25) is 0 Å². The predicted octanol–water partition coefficient (Wildman–Crippen LogP) is 4.99. The number of nitrogens with zero attached hydrogens (tertiary/aromatic N) is 1. The molecule has 0 spiro atoms. The highest BCUT2D eigenvalue weighted by atomic mass is 16.5. The number of benzene rings is 3. The van der Waals surface area contributed by atoms with E-state index >= 15 is 0 Å². The highest BCUT2D eigenvalue weighted by Gasteiger charge is 2.42. The Balaban J connectivity index is 1.67. The van der Waals surface area contributed by atoms with Crippen molar-refractivity contribution in [2.45, 2.75) is 26.3 Å². The van der Waals surface area contributed by atoms with Gasteiger partial charge in [0.25, 0.3) is 5.91 Å². The number of ether oxygens (including phenoxy) is 1. The van der Waals surface area contributed by atoms with Gasteiger partial charge in [-0.25, -0.2) is 0 Å². The van der Waals surface area contributed by atoms with Crippen LogP contribution in [0.1, 0.15) is 45.8 Å². The van der Waals surface area contributed by atoms with E-state index in [4.69, 9.17) is 9.15 Å². The number of phenolic OH excluding ortho intramolecular Hbond substituents is 1. The zero-order valence-corrected chi connectivity index (χ0v) is 19.1. The first-order valence-electron chi connectivity index (χ1n) is 11.4. The summed E-state index contributed by atoms with van der Waals surface area (Å²) in [5.74, 6) is 0.0732. The summed E-state index contributed by atoms with van der Waals surface area (Å²) in [5, 5.41) is 10.7. The van der Waals surface area contributed by atoms with Crippen molar-refractivity contribution < 1.29 is 19.1 Å².